The fourth-order valence-corrected chi connectivity index (χ4v) is 2.87. The largest absolute Gasteiger partial charge is 0.476 e. The first-order chi connectivity index (χ1) is 7.32. The van der Waals surface area contributed by atoms with Crippen LogP contribution in [0.2, 0.25) is 0 Å². The Bertz CT molecular complexity index is 378. The third-order valence-electron chi connectivity index (χ3n) is 3.70. The van der Waals surface area contributed by atoms with E-state index in [0.29, 0.717) is 0 Å². The zero-order chi connectivity index (χ0) is 10.3. The third-order valence-corrected chi connectivity index (χ3v) is 3.70. The highest BCUT2D eigenvalue weighted by Crippen LogP contribution is 2.44. The molecule has 3 rings (SSSR count). The minimum absolute atomic E-state index is 0.249. The van der Waals surface area contributed by atoms with Gasteiger partial charge in [-0.25, -0.2) is 4.98 Å². The molecule has 15 heavy (non-hydrogen) atoms. The molecule has 0 bridgehead atoms. The van der Waals surface area contributed by atoms with E-state index >= 15 is 0 Å². The lowest BCUT2D eigenvalue weighted by Gasteiger charge is -2.33. The van der Waals surface area contributed by atoms with Gasteiger partial charge < -0.3 is 10.1 Å². The van der Waals surface area contributed by atoms with Gasteiger partial charge in [-0.2, -0.15) is 0 Å². The lowest BCUT2D eigenvalue weighted by molar-refractivity contribution is 0.217. The molecule has 2 aliphatic rings. The maximum atomic E-state index is 5.73. The van der Waals surface area contributed by atoms with E-state index in [1.807, 2.05) is 6.20 Å². The summed E-state index contributed by atoms with van der Waals surface area (Å²) in [5, 5.41) is 3.41. The number of pyridine rings is 1. The van der Waals surface area contributed by atoms with Crippen molar-refractivity contribution in [2.45, 2.75) is 25.2 Å². The molecule has 1 spiro atoms. The first kappa shape index (κ1) is 9.16. The van der Waals surface area contributed by atoms with E-state index in [-0.39, 0.29) is 5.41 Å². The van der Waals surface area contributed by atoms with Crippen LogP contribution in [0, 0.1) is 6.92 Å². The summed E-state index contributed by atoms with van der Waals surface area (Å²) >= 11 is 0. The van der Waals surface area contributed by atoms with Gasteiger partial charge in [0.05, 0.1) is 6.61 Å². The lowest BCUT2D eigenvalue weighted by Crippen LogP contribution is -2.41. The van der Waals surface area contributed by atoms with Gasteiger partial charge in [-0.05, 0) is 44.5 Å². The Kier molecular flexibility index (Phi) is 1.96. The minimum Gasteiger partial charge on any atom is -0.476 e. The fraction of sp³-hybridized carbons (Fsp3) is 0.583. The minimum atomic E-state index is 0.249. The Hall–Kier alpha value is -1.09. The van der Waals surface area contributed by atoms with Gasteiger partial charge in [0.15, 0.2) is 0 Å². The van der Waals surface area contributed by atoms with Crippen LogP contribution < -0.4 is 10.1 Å². The molecule has 1 saturated heterocycles. The second-order valence-corrected chi connectivity index (χ2v) is 4.63. The van der Waals surface area contributed by atoms with Gasteiger partial charge in [-0.3, -0.25) is 0 Å². The van der Waals surface area contributed by atoms with Crippen LogP contribution in [0.25, 0.3) is 0 Å². The normalized spacial score (nSPS) is 22.5. The van der Waals surface area contributed by atoms with E-state index in [1.54, 1.807) is 0 Å². The Balaban J connectivity index is 2.09. The van der Waals surface area contributed by atoms with E-state index in [2.05, 4.69) is 23.3 Å². The van der Waals surface area contributed by atoms with Gasteiger partial charge in [-0.15, -0.1) is 0 Å². The SMILES string of the molecule is Cc1ccnc2c1C1(CCNCC1)CO2. The molecule has 0 saturated carbocycles. The van der Waals surface area contributed by atoms with Crippen LogP contribution in [0.4, 0.5) is 0 Å². The molecule has 1 aromatic heterocycles. The Morgan fingerprint density at radius 3 is 3.00 bits per heavy atom. The van der Waals surface area contributed by atoms with Gasteiger partial charge in [0, 0.05) is 17.2 Å². The fourth-order valence-electron chi connectivity index (χ4n) is 2.87. The topological polar surface area (TPSA) is 34.2 Å². The lowest BCUT2D eigenvalue weighted by atomic mass is 9.74. The molecule has 1 fully saturated rings. The van der Waals surface area contributed by atoms with E-state index in [0.717, 1.165) is 25.6 Å². The van der Waals surface area contributed by atoms with Crippen molar-refractivity contribution in [2.75, 3.05) is 19.7 Å². The number of nitrogens with one attached hydrogen (secondary N) is 1. The molecule has 0 atom stereocenters. The first-order valence-corrected chi connectivity index (χ1v) is 5.61. The van der Waals surface area contributed by atoms with Crippen molar-refractivity contribution >= 4 is 0 Å². The molecule has 1 N–H and O–H groups in total. The summed E-state index contributed by atoms with van der Waals surface area (Å²) in [7, 11) is 0. The van der Waals surface area contributed by atoms with Crippen LogP contribution >= 0.6 is 0 Å². The number of hydrogen-bond acceptors (Lipinski definition) is 3. The average molecular weight is 204 g/mol. The number of aryl methyl sites for hydroxylation is 1. The summed E-state index contributed by atoms with van der Waals surface area (Å²) in [6.07, 6.45) is 4.19. The third kappa shape index (κ3) is 1.26. The Morgan fingerprint density at radius 2 is 2.20 bits per heavy atom. The maximum Gasteiger partial charge on any atom is 0.217 e. The average Bonchev–Trinajstić information content (AvgIpc) is 2.60. The van der Waals surface area contributed by atoms with Crippen LogP contribution in [0.1, 0.15) is 24.0 Å². The number of fused-ring (bicyclic) bond motifs is 2. The summed E-state index contributed by atoms with van der Waals surface area (Å²) in [4.78, 5) is 4.33. The van der Waals surface area contributed by atoms with Gasteiger partial charge in [0.2, 0.25) is 5.88 Å². The monoisotopic (exact) mass is 204 g/mol. The second kappa shape index (κ2) is 3.20. The summed E-state index contributed by atoms with van der Waals surface area (Å²) in [5.41, 5.74) is 2.95. The number of hydrogen-bond donors (Lipinski definition) is 1. The summed E-state index contributed by atoms with van der Waals surface area (Å²) in [5.74, 6) is 0.872. The number of ether oxygens (including phenoxy) is 1. The van der Waals surface area contributed by atoms with E-state index < -0.39 is 0 Å². The molecular formula is C12H16N2O. The van der Waals surface area contributed by atoms with Crippen molar-refractivity contribution in [2.24, 2.45) is 0 Å². The Labute approximate surface area is 89.9 Å². The molecular weight excluding hydrogens is 188 g/mol. The summed E-state index contributed by atoms with van der Waals surface area (Å²) < 4.78 is 5.73. The number of aromatic nitrogens is 1. The van der Waals surface area contributed by atoms with Crippen molar-refractivity contribution in [1.82, 2.24) is 10.3 Å². The predicted octanol–water partition coefficient (Wildman–Crippen LogP) is 1.40. The van der Waals surface area contributed by atoms with E-state index in [4.69, 9.17) is 4.74 Å². The van der Waals surface area contributed by atoms with Crippen molar-refractivity contribution in [1.29, 1.82) is 0 Å². The van der Waals surface area contributed by atoms with Crippen molar-refractivity contribution in [3.8, 4) is 5.88 Å². The standard InChI is InChI=1S/C12H16N2O/c1-9-2-5-14-11-10(9)12(8-15-11)3-6-13-7-4-12/h2,5,13H,3-4,6-8H2,1H3. The van der Waals surface area contributed by atoms with Crippen LogP contribution in [0.15, 0.2) is 12.3 Å². The molecule has 0 amide bonds. The molecule has 0 aromatic carbocycles. The summed E-state index contributed by atoms with van der Waals surface area (Å²) in [6.45, 7) is 5.18. The molecule has 1 aromatic rings. The highest BCUT2D eigenvalue weighted by atomic mass is 16.5. The van der Waals surface area contributed by atoms with Crippen molar-refractivity contribution in [3.05, 3.63) is 23.4 Å². The molecule has 80 valence electrons. The van der Waals surface area contributed by atoms with Gasteiger partial charge in [0.25, 0.3) is 0 Å². The van der Waals surface area contributed by atoms with E-state index in [1.165, 1.54) is 24.0 Å². The van der Waals surface area contributed by atoms with Crippen LogP contribution in [-0.2, 0) is 5.41 Å². The van der Waals surface area contributed by atoms with Gasteiger partial charge in [-0.1, -0.05) is 0 Å². The van der Waals surface area contributed by atoms with Gasteiger partial charge in [0.1, 0.15) is 0 Å². The van der Waals surface area contributed by atoms with Gasteiger partial charge >= 0.3 is 0 Å². The number of rotatable bonds is 0. The first-order valence-electron chi connectivity index (χ1n) is 5.61. The quantitative estimate of drug-likeness (QED) is 0.693. The van der Waals surface area contributed by atoms with Crippen LogP contribution in [-0.4, -0.2) is 24.7 Å². The molecule has 3 heterocycles. The van der Waals surface area contributed by atoms with Crippen LogP contribution in [0.3, 0.4) is 0 Å². The molecule has 2 aliphatic heterocycles. The second-order valence-electron chi connectivity index (χ2n) is 4.63. The highest BCUT2D eigenvalue weighted by molar-refractivity contribution is 5.44. The maximum absolute atomic E-state index is 5.73. The smallest absolute Gasteiger partial charge is 0.217 e. The molecule has 0 radical (unpaired) electrons. The zero-order valence-electron chi connectivity index (χ0n) is 9.05. The van der Waals surface area contributed by atoms with Crippen molar-refractivity contribution in [3.63, 3.8) is 0 Å². The highest BCUT2D eigenvalue weighted by Gasteiger charge is 2.43. The molecule has 0 aliphatic carbocycles. The number of piperidine rings is 1. The van der Waals surface area contributed by atoms with Crippen LogP contribution in [0.5, 0.6) is 5.88 Å². The summed E-state index contributed by atoms with van der Waals surface area (Å²) in [6, 6.07) is 2.09. The van der Waals surface area contributed by atoms with E-state index in [9.17, 15) is 0 Å². The molecule has 3 heteroatoms. The molecule has 3 nitrogen and oxygen atoms in total. The number of nitrogens with zero attached hydrogens (tertiary/aromatic N) is 1. The Morgan fingerprint density at radius 1 is 1.40 bits per heavy atom. The molecule has 0 unspecified atom stereocenters. The van der Waals surface area contributed by atoms with Crippen molar-refractivity contribution < 1.29 is 4.74 Å². The predicted molar refractivity (Wildman–Crippen MR) is 58.3 cm³/mol. The zero-order valence-corrected chi connectivity index (χ0v) is 9.05.